The Bertz CT molecular complexity index is 642. The molecule has 0 saturated carbocycles. The van der Waals surface area contributed by atoms with Crippen LogP contribution < -0.4 is 5.56 Å². The Hall–Kier alpha value is -0.960. The number of nitrogens with zero attached hydrogens (tertiary/aromatic N) is 2. The normalized spacial score (nSPS) is 11.8. The Morgan fingerprint density at radius 2 is 2.06 bits per heavy atom. The zero-order valence-corrected chi connectivity index (χ0v) is 13.1. The summed E-state index contributed by atoms with van der Waals surface area (Å²) in [5.74, 6) is 0.0318. The van der Waals surface area contributed by atoms with Crippen molar-refractivity contribution in [3.05, 3.63) is 24.3 Å². The van der Waals surface area contributed by atoms with Gasteiger partial charge in [-0.1, -0.05) is 20.8 Å². The van der Waals surface area contributed by atoms with Gasteiger partial charge in [-0.05, 0) is 22.6 Å². The molecule has 2 aromatic heterocycles. The first-order valence-electron chi connectivity index (χ1n) is 5.24. The van der Waals surface area contributed by atoms with Crippen LogP contribution in [-0.4, -0.2) is 20.1 Å². The molecule has 0 saturated heterocycles. The molecule has 0 aromatic carbocycles. The third kappa shape index (κ3) is 2.56. The van der Waals surface area contributed by atoms with Gasteiger partial charge in [-0.15, -0.1) is 11.3 Å². The molecule has 96 valence electrons. The fraction of sp³-hybridized carbons (Fsp3) is 0.364. The lowest BCUT2D eigenvalue weighted by molar-refractivity contribution is 0.447. The lowest BCUT2D eigenvalue weighted by atomic mass is 9.98. The van der Waals surface area contributed by atoms with Crippen molar-refractivity contribution in [2.45, 2.75) is 26.2 Å². The molecule has 18 heavy (non-hydrogen) atoms. The first-order valence-corrected chi connectivity index (χ1v) is 7.20. The number of H-pyrrole nitrogens is 1. The van der Waals surface area contributed by atoms with E-state index >= 15 is 0 Å². The average Bonchev–Trinajstić information content (AvgIpc) is 2.73. The van der Waals surface area contributed by atoms with Gasteiger partial charge in [0.25, 0.3) is 5.56 Å². The summed E-state index contributed by atoms with van der Waals surface area (Å²) in [6.45, 7) is 6.20. The number of thiazole rings is 1. The molecule has 2 N–H and O–H groups in total. The van der Waals surface area contributed by atoms with Gasteiger partial charge in [0, 0.05) is 10.8 Å². The molecule has 7 heteroatoms. The van der Waals surface area contributed by atoms with E-state index in [0.717, 1.165) is 5.01 Å². The van der Waals surface area contributed by atoms with Gasteiger partial charge in [0.15, 0.2) is 5.82 Å². The van der Waals surface area contributed by atoms with E-state index in [-0.39, 0.29) is 20.4 Å². The highest BCUT2D eigenvalue weighted by atomic mass is 127. The second kappa shape index (κ2) is 4.61. The molecule has 0 unspecified atom stereocenters. The summed E-state index contributed by atoms with van der Waals surface area (Å²) < 4.78 is 0.183. The average molecular weight is 377 g/mol. The van der Waals surface area contributed by atoms with Crippen LogP contribution in [0.1, 0.15) is 25.8 Å². The first kappa shape index (κ1) is 13.5. The molecule has 2 heterocycles. The zero-order valence-electron chi connectivity index (χ0n) is 10.1. The second-order valence-electron chi connectivity index (χ2n) is 4.84. The minimum atomic E-state index is -0.358. The lowest BCUT2D eigenvalue weighted by Gasteiger charge is -2.13. The van der Waals surface area contributed by atoms with Gasteiger partial charge in [0.2, 0.25) is 5.88 Å². The molecule has 0 atom stereocenters. The smallest absolute Gasteiger partial charge is 0.268 e. The number of halogens is 1. The minimum absolute atomic E-state index is 0.0472. The fourth-order valence-electron chi connectivity index (χ4n) is 1.30. The van der Waals surface area contributed by atoms with E-state index in [1.807, 2.05) is 5.38 Å². The van der Waals surface area contributed by atoms with E-state index in [0.29, 0.717) is 11.5 Å². The molecular weight excluding hydrogens is 365 g/mol. The first-order chi connectivity index (χ1) is 8.29. The van der Waals surface area contributed by atoms with Crippen LogP contribution in [0, 0.1) is 3.57 Å². The molecule has 0 aliphatic carbocycles. The van der Waals surface area contributed by atoms with Gasteiger partial charge in [-0.25, -0.2) is 4.98 Å². The third-order valence-corrected chi connectivity index (χ3v) is 4.47. The second-order valence-corrected chi connectivity index (χ2v) is 6.78. The van der Waals surface area contributed by atoms with Crippen LogP contribution in [0.2, 0.25) is 0 Å². The molecule has 2 rings (SSSR count). The predicted molar refractivity (Wildman–Crippen MR) is 79.0 cm³/mol. The fourth-order valence-corrected chi connectivity index (χ4v) is 2.44. The number of hydrogen-bond donors (Lipinski definition) is 2. The Morgan fingerprint density at radius 3 is 2.56 bits per heavy atom. The summed E-state index contributed by atoms with van der Waals surface area (Å²) >= 11 is 3.26. The molecular formula is C11H12IN3O2S. The van der Waals surface area contributed by atoms with E-state index in [1.54, 1.807) is 22.6 Å². The summed E-state index contributed by atoms with van der Waals surface area (Å²) in [6, 6.07) is 0. The molecule has 0 bridgehead atoms. The summed E-state index contributed by atoms with van der Waals surface area (Å²) in [7, 11) is 0. The minimum Gasteiger partial charge on any atom is -0.492 e. The van der Waals surface area contributed by atoms with Crippen molar-refractivity contribution in [3.8, 4) is 17.4 Å². The molecule has 5 nitrogen and oxygen atoms in total. The van der Waals surface area contributed by atoms with Crippen molar-refractivity contribution in [1.82, 2.24) is 15.0 Å². The Labute approximate surface area is 121 Å². The van der Waals surface area contributed by atoms with E-state index in [4.69, 9.17) is 0 Å². The highest BCUT2D eigenvalue weighted by Crippen LogP contribution is 2.28. The molecule has 0 amide bonds. The molecule has 0 aliphatic rings. The van der Waals surface area contributed by atoms with Gasteiger partial charge in [-0.3, -0.25) is 4.79 Å². The number of aromatic amines is 1. The lowest BCUT2D eigenvalue weighted by Crippen LogP contribution is -2.13. The summed E-state index contributed by atoms with van der Waals surface area (Å²) in [5, 5.41) is 12.3. The van der Waals surface area contributed by atoms with Crippen LogP contribution in [0.3, 0.4) is 0 Å². The van der Waals surface area contributed by atoms with Crippen molar-refractivity contribution in [1.29, 1.82) is 0 Å². The van der Waals surface area contributed by atoms with Crippen molar-refractivity contribution in [3.63, 3.8) is 0 Å². The van der Waals surface area contributed by atoms with Crippen molar-refractivity contribution < 1.29 is 5.11 Å². The van der Waals surface area contributed by atoms with Crippen LogP contribution in [0.5, 0.6) is 5.88 Å². The van der Waals surface area contributed by atoms with Gasteiger partial charge < -0.3 is 10.1 Å². The predicted octanol–water partition coefficient (Wildman–Crippen LogP) is 2.50. The quantitative estimate of drug-likeness (QED) is 0.749. The number of aromatic hydroxyl groups is 1. The van der Waals surface area contributed by atoms with Crippen LogP contribution in [0.4, 0.5) is 0 Å². The highest BCUT2D eigenvalue weighted by molar-refractivity contribution is 14.1. The van der Waals surface area contributed by atoms with Gasteiger partial charge in [-0.2, -0.15) is 4.98 Å². The van der Waals surface area contributed by atoms with Crippen molar-refractivity contribution in [2.75, 3.05) is 0 Å². The maximum absolute atomic E-state index is 11.6. The number of hydrogen-bond acceptors (Lipinski definition) is 5. The maximum Gasteiger partial charge on any atom is 0.268 e. The van der Waals surface area contributed by atoms with E-state index in [1.165, 1.54) is 11.3 Å². The topological polar surface area (TPSA) is 78.9 Å². The highest BCUT2D eigenvalue weighted by Gasteiger charge is 2.19. The molecule has 0 radical (unpaired) electrons. The number of aromatic nitrogens is 3. The third-order valence-electron chi connectivity index (χ3n) is 2.23. The Kier molecular flexibility index (Phi) is 3.45. The Balaban J connectivity index is 2.50. The molecule has 0 spiro atoms. The molecule has 2 aromatic rings. The molecule has 0 fully saturated rings. The maximum atomic E-state index is 11.6. The number of nitrogens with one attached hydrogen (secondary N) is 1. The monoisotopic (exact) mass is 377 g/mol. The largest absolute Gasteiger partial charge is 0.492 e. The van der Waals surface area contributed by atoms with E-state index < -0.39 is 0 Å². The van der Waals surface area contributed by atoms with E-state index in [2.05, 4.69) is 35.7 Å². The summed E-state index contributed by atoms with van der Waals surface area (Å²) in [4.78, 5) is 22.5. The standard InChI is InChI=1S/C11H12IN3O2S/c1-11(2,3)10-13-5(4-18-10)7-14-8(16)6(12)9(17)15-7/h4H,1-3H3,(H2,14,15,16,17). The van der Waals surface area contributed by atoms with Crippen molar-refractivity contribution in [2.24, 2.45) is 0 Å². The summed E-state index contributed by atoms with van der Waals surface area (Å²) in [6.07, 6.45) is 0. The summed E-state index contributed by atoms with van der Waals surface area (Å²) in [5.41, 5.74) is 0.172. The van der Waals surface area contributed by atoms with E-state index in [9.17, 15) is 9.90 Å². The van der Waals surface area contributed by atoms with Crippen LogP contribution in [0.25, 0.3) is 11.5 Å². The van der Waals surface area contributed by atoms with Crippen molar-refractivity contribution >= 4 is 33.9 Å². The van der Waals surface area contributed by atoms with Gasteiger partial charge >= 0.3 is 0 Å². The Morgan fingerprint density at radius 1 is 1.39 bits per heavy atom. The van der Waals surface area contributed by atoms with Gasteiger partial charge in [0.05, 0.1) is 5.01 Å². The molecule has 0 aliphatic heterocycles. The zero-order chi connectivity index (χ0) is 13.5. The van der Waals surface area contributed by atoms with Gasteiger partial charge in [0.1, 0.15) is 9.26 Å². The SMILES string of the molecule is CC(C)(C)c1nc(-c2nc(O)c(I)c(=O)[nH]2)cs1. The number of rotatable bonds is 1. The van der Waals surface area contributed by atoms with Crippen LogP contribution >= 0.6 is 33.9 Å². The van der Waals surface area contributed by atoms with Crippen LogP contribution in [0.15, 0.2) is 10.2 Å². The van der Waals surface area contributed by atoms with Crippen LogP contribution in [-0.2, 0) is 5.41 Å².